The number of fused-ring (bicyclic) bond motifs is 1. The summed E-state index contributed by atoms with van der Waals surface area (Å²) in [6.45, 7) is 0.315. The van der Waals surface area contributed by atoms with E-state index in [9.17, 15) is 10.0 Å². The molecule has 0 spiro atoms. The van der Waals surface area contributed by atoms with Gasteiger partial charge < -0.3 is 5.21 Å². The third kappa shape index (κ3) is 2.13. The highest BCUT2D eigenvalue weighted by molar-refractivity contribution is 5.71. The first-order valence-electron chi connectivity index (χ1n) is 6.41. The maximum absolute atomic E-state index is 12.4. The van der Waals surface area contributed by atoms with E-state index in [1.54, 1.807) is 30.3 Å². The Bertz CT molecular complexity index is 908. The fraction of sp³-hybridized carbons (Fsp3) is 0.0625. The van der Waals surface area contributed by atoms with Crippen LogP contribution in [0.25, 0.3) is 11.0 Å². The smallest absolute Gasteiger partial charge is 0.361 e. The highest BCUT2D eigenvalue weighted by atomic mass is 16.5. The largest absolute Gasteiger partial charge is 0.617 e. The van der Waals surface area contributed by atoms with Gasteiger partial charge in [0.25, 0.3) is 0 Å². The number of aromatic nitrogens is 2. The van der Waals surface area contributed by atoms with Gasteiger partial charge in [0.2, 0.25) is 5.52 Å². The zero-order valence-corrected chi connectivity index (χ0v) is 11.1. The van der Waals surface area contributed by atoms with Gasteiger partial charge in [-0.05, 0) is 11.6 Å². The maximum atomic E-state index is 12.4. The normalized spacial score (nSPS) is 10.4. The van der Waals surface area contributed by atoms with Crippen molar-refractivity contribution in [3.05, 3.63) is 81.4 Å². The van der Waals surface area contributed by atoms with E-state index in [2.05, 4.69) is 0 Å². The van der Waals surface area contributed by atoms with Gasteiger partial charge in [-0.2, -0.15) is 5.26 Å². The molecule has 0 N–H and O–H groups in total. The van der Waals surface area contributed by atoms with E-state index in [0.717, 1.165) is 5.56 Å². The zero-order chi connectivity index (χ0) is 14.8. The number of para-hydroxylation sites is 2. The number of benzene rings is 2. The second-order valence-electron chi connectivity index (χ2n) is 4.62. The van der Waals surface area contributed by atoms with Crippen LogP contribution in [-0.2, 0) is 6.54 Å². The molecule has 5 nitrogen and oxygen atoms in total. The van der Waals surface area contributed by atoms with Crippen LogP contribution in [0.2, 0.25) is 0 Å². The van der Waals surface area contributed by atoms with Crippen molar-refractivity contribution in [2.45, 2.75) is 6.54 Å². The van der Waals surface area contributed by atoms with Crippen LogP contribution in [0.3, 0.4) is 0 Å². The first-order chi connectivity index (χ1) is 10.2. The fourth-order valence-corrected chi connectivity index (χ4v) is 2.32. The summed E-state index contributed by atoms with van der Waals surface area (Å²) < 4.78 is 1.86. The topological polar surface area (TPSA) is 72.7 Å². The molecule has 0 saturated carbocycles. The summed E-state index contributed by atoms with van der Waals surface area (Å²) in [5.74, 6) is 0. The van der Waals surface area contributed by atoms with Crippen LogP contribution in [0, 0.1) is 16.5 Å². The van der Waals surface area contributed by atoms with Crippen molar-refractivity contribution in [1.29, 1.82) is 5.26 Å². The standard InChI is InChI=1S/C16H11N3O2/c17-10-15-16(20)18(11-12-6-2-1-3-7-12)13-8-4-5-9-14(13)19(15)21/h1-9H,11H2. The molecule has 2 aromatic carbocycles. The summed E-state index contributed by atoms with van der Waals surface area (Å²) in [7, 11) is 0. The van der Waals surface area contributed by atoms with E-state index in [1.165, 1.54) is 4.57 Å². The van der Waals surface area contributed by atoms with Crippen LogP contribution in [0.5, 0.6) is 0 Å². The Morgan fingerprint density at radius 3 is 2.48 bits per heavy atom. The van der Waals surface area contributed by atoms with Crippen molar-refractivity contribution < 1.29 is 4.73 Å². The highest BCUT2D eigenvalue weighted by Crippen LogP contribution is 2.10. The highest BCUT2D eigenvalue weighted by Gasteiger charge is 2.19. The monoisotopic (exact) mass is 277 g/mol. The predicted octanol–water partition coefficient (Wildman–Crippen LogP) is 1.55. The second kappa shape index (κ2) is 5.10. The minimum Gasteiger partial charge on any atom is -0.617 e. The third-order valence-corrected chi connectivity index (χ3v) is 3.33. The van der Waals surface area contributed by atoms with E-state index >= 15 is 0 Å². The number of nitrogens with zero attached hydrogens (tertiary/aromatic N) is 3. The van der Waals surface area contributed by atoms with Gasteiger partial charge in [0.15, 0.2) is 6.07 Å². The van der Waals surface area contributed by atoms with Crippen LogP contribution in [-0.4, -0.2) is 4.57 Å². The van der Waals surface area contributed by atoms with Gasteiger partial charge >= 0.3 is 11.3 Å². The van der Waals surface area contributed by atoms with Crippen LogP contribution < -0.4 is 10.3 Å². The molecule has 0 amide bonds. The first-order valence-corrected chi connectivity index (χ1v) is 6.41. The lowest BCUT2D eigenvalue weighted by Crippen LogP contribution is -2.42. The Kier molecular flexibility index (Phi) is 3.13. The molecule has 0 fully saturated rings. The summed E-state index contributed by atoms with van der Waals surface area (Å²) >= 11 is 0. The van der Waals surface area contributed by atoms with Crippen molar-refractivity contribution in [1.82, 2.24) is 4.57 Å². The Balaban J connectivity index is 2.32. The lowest BCUT2D eigenvalue weighted by molar-refractivity contribution is -0.581. The predicted molar refractivity (Wildman–Crippen MR) is 77.4 cm³/mol. The lowest BCUT2D eigenvalue weighted by atomic mass is 10.2. The molecule has 1 aromatic heterocycles. The molecule has 0 unspecified atom stereocenters. The Morgan fingerprint density at radius 1 is 1.10 bits per heavy atom. The van der Waals surface area contributed by atoms with Crippen LogP contribution >= 0.6 is 0 Å². The number of nitriles is 1. The summed E-state index contributed by atoms with van der Waals surface area (Å²) in [5.41, 5.74) is 0.766. The molecule has 0 saturated heterocycles. The molecule has 3 aromatic rings. The Hall–Kier alpha value is -3.13. The molecule has 5 heteroatoms. The number of hydrogen-bond acceptors (Lipinski definition) is 3. The molecule has 0 aliphatic carbocycles. The molecule has 0 atom stereocenters. The molecule has 0 bridgehead atoms. The van der Waals surface area contributed by atoms with Crippen LogP contribution in [0.1, 0.15) is 11.3 Å². The SMILES string of the molecule is N#Cc1c(=O)n(Cc2ccccc2)c2ccccc2[n+]1[O-]. The van der Waals surface area contributed by atoms with Gasteiger partial charge in [0, 0.05) is 6.07 Å². The summed E-state index contributed by atoms with van der Waals surface area (Å²) in [4.78, 5) is 12.4. The molecule has 102 valence electrons. The molecule has 0 radical (unpaired) electrons. The van der Waals surface area contributed by atoms with Crippen molar-refractivity contribution >= 4 is 11.0 Å². The van der Waals surface area contributed by atoms with Gasteiger partial charge in [0.1, 0.15) is 5.52 Å². The van der Waals surface area contributed by atoms with Gasteiger partial charge in [-0.15, -0.1) is 4.73 Å². The fourth-order valence-electron chi connectivity index (χ4n) is 2.32. The maximum Gasteiger partial charge on any atom is 0.361 e. The van der Waals surface area contributed by atoms with Crippen molar-refractivity contribution in [2.24, 2.45) is 0 Å². The van der Waals surface area contributed by atoms with Crippen molar-refractivity contribution in [3.8, 4) is 6.07 Å². The van der Waals surface area contributed by atoms with E-state index < -0.39 is 11.3 Å². The molecule has 3 rings (SSSR count). The third-order valence-electron chi connectivity index (χ3n) is 3.33. The second-order valence-corrected chi connectivity index (χ2v) is 4.62. The van der Waals surface area contributed by atoms with E-state index in [0.29, 0.717) is 22.3 Å². The summed E-state index contributed by atoms with van der Waals surface area (Å²) in [6.07, 6.45) is 0. The molecular weight excluding hydrogens is 266 g/mol. The van der Waals surface area contributed by atoms with Gasteiger partial charge in [-0.25, -0.2) is 0 Å². The van der Waals surface area contributed by atoms with Gasteiger partial charge in [0.05, 0.1) is 6.54 Å². The molecular formula is C16H11N3O2. The van der Waals surface area contributed by atoms with E-state index in [1.807, 2.05) is 30.3 Å². The Morgan fingerprint density at radius 2 is 1.76 bits per heavy atom. The van der Waals surface area contributed by atoms with E-state index in [4.69, 9.17) is 5.26 Å². The number of rotatable bonds is 2. The minimum atomic E-state index is -0.574. The Labute approximate surface area is 120 Å². The van der Waals surface area contributed by atoms with Crippen molar-refractivity contribution in [3.63, 3.8) is 0 Å². The summed E-state index contributed by atoms with van der Waals surface area (Å²) in [5, 5.41) is 21.1. The summed E-state index contributed by atoms with van der Waals surface area (Å²) in [6, 6.07) is 17.9. The molecule has 1 heterocycles. The zero-order valence-electron chi connectivity index (χ0n) is 11.1. The molecule has 21 heavy (non-hydrogen) atoms. The van der Waals surface area contributed by atoms with Crippen LogP contribution in [0.4, 0.5) is 0 Å². The molecule has 0 aliphatic rings. The van der Waals surface area contributed by atoms with Crippen LogP contribution in [0.15, 0.2) is 59.4 Å². The van der Waals surface area contributed by atoms with Gasteiger partial charge in [-0.1, -0.05) is 42.5 Å². The first kappa shape index (κ1) is 12.9. The molecule has 0 aliphatic heterocycles. The average molecular weight is 277 g/mol. The minimum absolute atomic E-state index is 0.310. The van der Waals surface area contributed by atoms with Crippen molar-refractivity contribution in [2.75, 3.05) is 0 Å². The average Bonchev–Trinajstić information content (AvgIpc) is 2.53. The number of hydrogen-bond donors (Lipinski definition) is 0. The van der Waals surface area contributed by atoms with E-state index in [-0.39, 0.29) is 0 Å². The lowest BCUT2D eigenvalue weighted by Gasteiger charge is -2.11. The van der Waals surface area contributed by atoms with Gasteiger partial charge in [-0.3, -0.25) is 9.36 Å². The quantitative estimate of drug-likeness (QED) is 0.527.